The van der Waals surface area contributed by atoms with E-state index in [2.05, 4.69) is 10.6 Å². The van der Waals surface area contributed by atoms with Crippen molar-refractivity contribution < 1.29 is 10.5 Å². The first-order valence-electron chi connectivity index (χ1n) is 5.51. The molecule has 0 bridgehead atoms. The Hall–Kier alpha value is -0.120. The van der Waals surface area contributed by atoms with Crippen molar-refractivity contribution in [1.82, 2.24) is 4.90 Å². The molecule has 3 N–H and O–H groups in total. The number of nitrogens with zero attached hydrogens (tertiary/aromatic N) is 1. The number of ether oxygens (including phenoxy) is 1. The van der Waals surface area contributed by atoms with E-state index in [1.807, 2.05) is 0 Å². The molecule has 1 saturated heterocycles. The summed E-state index contributed by atoms with van der Waals surface area (Å²) in [6, 6.07) is 0.843. The van der Waals surface area contributed by atoms with Gasteiger partial charge in [0.25, 0.3) is 0 Å². The fraction of sp³-hybridized carbons (Fsp3) is 1.00. The molecule has 3 heteroatoms. The summed E-state index contributed by atoms with van der Waals surface area (Å²) in [6.07, 6.45) is 4.16. The van der Waals surface area contributed by atoms with E-state index in [1.165, 1.54) is 19.3 Å². The van der Waals surface area contributed by atoms with E-state index in [0.29, 0.717) is 0 Å². The van der Waals surface area contributed by atoms with Crippen LogP contribution in [0.3, 0.4) is 0 Å². The standard InChI is InChI=1S/C10H20N2O/c11-8-9-1-2-10(7-9)12-3-5-13-6-4-12/h9-10H,1-8,11H2/p+1. The first-order valence-corrected chi connectivity index (χ1v) is 5.51. The highest BCUT2D eigenvalue weighted by Gasteiger charge is 2.29. The van der Waals surface area contributed by atoms with Crippen molar-refractivity contribution in [1.29, 1.82) is 0 Å². The summed E-state index contributed by atoms with van der Waals surface area (Å²) >= 11 is 0. The normalized spacial score (nSPS) is 36.7. The van der Waals surface area contributed by atoms with Crippen molar-refractivity contribution in [3.63, 3.8) is 0 Å². The Morgan fingerprint density at radius 3 is 2.62 bits per heavy atom. The van der Waals surface area contributed by atoms with Crippen LogP contribution in [0, 0.1) is 5.92 Å². The van der Waals surface area contributed by atoms with Crippen LogP contribution in [0.4, 0.5) is 0 Å². The maximum atomic E-state index is 5.36. The van der Waals surface area contributed by atoms with E-state index < -0.39 is 0 Å². The molecular weight excluding hydrogens is 164 g/mol. The van der Waals surface area contributed by atoms with Crippen molar-refractivity contribution in [3.8, 4) is 0 Å². The first kappa shape index (κ1) is 9.44. The second kappa shape index (κ2) is 4.40. The summed E-state index contributed by atoms with van der Waals surface area (Å²) in [5.74, 6) is 0.896. The molecule has 3 nitrogen and oxygen atoms in total. The van der Waals surface area contributed by atoms with Gasteiger partial charge in [-0.25, -0.2) is 0 Å². The molecule has 2 aliphatic rings. The summed E-state index contributed by atoms with van der Waals surface area (Å²) < 4.78 is 5.36. The topological polar surface area (TPSA) is 40.1 Å². The first-order chi connectivity index (χ1) is 6.40. The Balaban J connectivity index is 1.80. The van der Waals surface area contributed by atoms with Gasteiger partial charge in [-0.15, -0.1) is 0 Å². The third-order valence-corrected chi connectivity index (χ3v) is 3.48. The summed E-state index contributed by atoms with van der Waals surface area (Å²) in [7, 11) is 0. The number of morpholine rings is 1. The zero-order chi connectivity index (χ0) is 9.10. The lowest BCUT2D eigenvalue weighted by molar-refractivity contribution is -0.378. The highest BCUT2D eigenvalue weighted by Crippen LogP contribution is 2.28. The molecule has 1 aliphatic carbocycles. The largest absolute Gasteiger partial charge is 0.379 e. The average molecular weight is 185 g/mol. The monoisotopic (exact) mass is 185 g/mol. The molecule has 2 unspecified atom stereocenters. The molecule has 2 rings (SSSR count). The summed E-state index contributed by atoms with van der Waals surface area (Å²) in [6.45, 7) is 5.29. The molecule has 13 heavy (non-hydrogen) atoms. The Bertz CT molecular complexity index is 157. The molecular formula is C10H21N2O+. The van der Waals surface area contributed by atoms with Crippen LogP contribution in [0.2, 0.25) is 0 Å². The van der Waals surface area contributed by atoms with E-state index in [4.69, 9.17) is 4.74 Å². The zero-order valence-corrected chi connectivity index (χ0v) is 8.37. The Morgan fingerprint density at radius 1 is 1.23 bits per heavy atom. The smallest absolute Gasteiger partial charge is 0.0768 e. The van der Waals surface area contributed by atoms with Crippen LogP contribution < -0.4 is 5.73 Å². The lowest BCUT2D eigenvalue weighted by Gasteiger charge is -2.32. The Morgan fingerprint density at radius 2 is 2.00 bits per heavy atom. The lowest BCUT2D eigenvalue weighted by atomic mass is 10.1. The SMILES string of the molecule is [NH3+]CC1CCC(N2CCOCC2)C1. The van der Waals surface area contributed by atoms with Crippen LogP contribution in [0.15, 0.2) is 0 Å². The molecule has 0 spiro atoms. The fourth-order valence-electron chi connectivity index (χ4n) is 2.59. The molecule has 76 valence electrons. The van der Waals surface area contributed by atoms with E-state index in [0.717, 1.165) is 44.8 Å². The van der Waals surface area contributed by atoms with Crippen LogP contribution in [-0.4, -0.2) is 43.8 Å². The predicted octanol–water partition coefficient (Wildman–Crippen LogP) is -0.271. The highest BCUT2D eigenvalue weighted by atomic mass is 16.5. The van der Waals surface area contributed by atoms with Gasteiger partial charge in [-0.3, -0.25) is 4.90 Å². The van der Waals surface area contributed by atoms with Gasteiger partial charge >= 0.3 is 0 Å². The van der Waals surface area contributed by atoms with Gasteiger partial charge < -0.3 is 10.5 Å². The van der Waals surface area contributed by atoms with Crippen LogP contribution in [0.5, 0.6) is 0 Å². The van der Waals surface area contributed by atoms with Crippen molar-refractivity contribution >= 4 is 0 Å². The predicted molar refractivity (Wildman–Crippen MR) is 51.3 cm³/mol. The van der Waals surface area contributed by atoms with Crippen molar-refractivity contribution in [3.05, 3.63) is 0 Å². The maximum absolute atomic E-state index is 5.36. The molecule has 0 aromatic heterocycles. The lowest BCUT2D eigenvalue weighted by Crippen LogP contribution is -2.53. The van der Waals surface area contributed by atoms with Crippen LogP contribution in [-0.2, 0) is 4.74 Å². The quantitative estimate of drug-likeness (QED) is 0.643. The summed E-state index contributed by atoms with van der Waals surface area (Å²) in [4.78, 5) is 2.61. The second-order valence-corrected chi connectivity index (χ2v) is 4.27. The third kappa shape index (κ3) is 2.22. The second-order valence-electron chi connectivity index (χ2n) is 4.27. The van der Waals surface area contributed by atoms with Crippen molar-refractivity contribution in [2.75, 3.05) is 32.8 Å². The van der Waals surface area contributed by atoms with E-state index in [-0.39, 0.29) is 0 Å². The van der Waals surface area contributed by atoms with E-state index >= 15 is 0 Å². The van der Waals surface area contributed by atoms with Crippen LogP contribution in [0.25, 0.3) is 0 Å². The van der Waals surface area contributed by atoms with Gasteiger partial charge in [-0.2, -0.15) is 0 Å². The summed E-state index contributed by atoms with van der Waals surface area (Å²) in [5, 5.41) is 0. The molecule has 2 atom stereocenters. The molecule has 1 heterocycles. The molecule has 2 fully saturated rings. The number of hydrogen-bond acceptors (Lipinski definition) is 2. The minimum atomic E-state index is 0.843. The van der Waals surface area contributed by atoms with Gasteiger partial charge in [0.05, 0.1) is 19.8 Å². The molecule has 0 aromatic carbocycles. The fourth-order valence-corrected chi connectivity index (χ4v) is 2.59. The molecule has 1 saturated carbocycles. The third-order valence-electron chi connectivity index (χ3n) is 3.48. The van der Waals surface area contributed by atoms with Crippen molar-refractivity contribution in [2.24, 2.45) is 5.92 Å². The van der Waals surface area contributed by atoms with Gasteiger partial charge in [-0.1, -0.05) is 0 Å². The van der Waals surface area contributed by atoms with Gasteiger partial charge in [0.2, 0.25) is 0 Å². The van der Waals surface area contributed by atoms with Gasteiger partial charge in [-0.05, 0) is 19.3 Å². The number of hydrogen-bond donors (Lipinski definition) is 1. The van der Waals surface area contributed by atoms with Crippen LogP contribution in [0.1, 0.15) is 19.3 Å². The average Bonchev–Trinajstić information content (AvgIpc) is 2.67. The molecule has 0 aromatic rings. The van der Waals surface area contributed by atoms with Gasteiger partial charge in [0, 0.05) is 25.0 Å². The van der Waals surface area contributed by atoms with Gasteiger partial charge in [0.1, 0.15) is 0 Å². The zero-order valence-electron chi connectivity index (χ0n) is 8.37. The van der Waals surface area contributed by atoms with Crippen LogP contribution >= 0.6 is 0 Å². The molecule has 0 radical (unpaired) electrons. The highest BCUT2D eigenvalue weighted by molar-refractivity contribution is 4.83. The van der Waals surface area contributed by atoms with Gasteiger partial charge in [0.15, 0.2) is 0 Å². The molecule has 1 aliphatic heterocycles. The Labute approximate surface area is 80.2 Å². The summed E-state index contributed by atoms with van der Waals surface area (Å²) in [5.41, 5.74) is 4.00. The number of rotatable bonds is 2. The minimum Gasteiger partial charge on any atom is -0.379 e. The Kier molecular flexibility index (Phi) is 3.19. The van der Waals surface area contributed by atoms with Crippen molar-refractivity contribution in [2.45, 2.75) is 25.3 Å². The van der Waals surface area contributed by atoms with E-state index in [9.17, 15) is 0 Å². The maximum Gasteiger partial charge on any atom is 0.0768 e. The molecule has 0 amide bonds. The number of quaternary nitrogens is 1. The van der Waals surface area contributed by atoms with E-state index in [1.54, 1.807) is 0 Å². The minimum absolute atomic E-state index is 0.843.